The number of benzene rings is 3. The fraction of sp³-hybridized carbons (Fsp3) is 0.424. The molecular weight excluding hydrogens is 527 g/mol. The Morgan fingerprint density at radius 3 is 2.34 bits per heavy atom. The molecule has 2 aliphatic rings. The molecule has 218 valence electrons. The van der Waals surface area contributed by atoms with Crippen LogP contribution in [0, 0.1) is 5.92 Å². The third-order valence-electron chi connectivity index (χ3n) is 8.59. The molecule has 5 rings (SSSR count). The average molecular weight is 566 g/mol. The number of methoxy groups -OCH3 is 1. The quantitative estimate of drug-likeness (QED) is 0.323. The number of carbonyl (C=O) groups excluding carboxylic acids is 1. The van der Waals surface area contributed by atoms with Gasteiger partial charge < -0.3 is 14.5 Å². The lowest BCUT2D eigenvalue weighted by Crippen LogP contribution is -2.48. The molecule has 0 bridgehead atoms. The summed E-state index contributed by atoms with van der Waals surface area (Å²) in [5.74, 6) is 0.500. The topological polar surface area (TPSA) is 36.0 Å². The van der Waals surface area contributed by atoms with E-state index in [9.17, 15) is 18.0 Å². The summed E-state index contributed by atoms with van der Waals surface area (Å²) in [5.41, 5.74) is 2.12. The standard InChI is InChI=1S/C33H38F3N3O2/c1-3-30(24-9-5-4-6-10-24)32(40)39-22-26(31(23-39)25-11-7-12-27(19-25)33(34,35)36)21-37-15-17-38(18-16-37)28-13-8-14-29(20-28)41-2/h4-14,19-20,26,30-31H,3,15-18,21-23H2,1-2H3/t26-,30+,31-/m1/s1. The minimum Gasteiger partial charge on any atom is -0.497 e. The smallest absolute Gasteiger partial charge is 0.416 e. The van der Waals surface area contributed by atoms with Crippen molar-refractivity contribution < 1.29 is 22.7 Å². The van der Waals surface area contributed by atoms with Crippen molar-refractivity contribution in [2.24, 2.45) is 5.92 Å². The number of amides is 1. The van der Waals surface area contributed by atoms with E-state index in [0.717, 1.165) is 55.8 Å². The third kappa shape index (κ3) is 6.70. The van der Waals surface area contributed by atoms with Gasteiger partial charge in [0, 0.05) is 63.5 Å². The Kier molecular flexibility index (Phi) is 8.88. The second kappa shape index (κ2) is 12.6. The highest BCUT2D eigenvalue weighted by Crippen LogP contribution is 2.38. The Bertz CT molecular complexity index is 1310. The van der Waals surface area contributed by atoms with Crippen molar-refractivity contribution in [1.29, 1.82) is 0 Å². The van der Waals surface area contributed by atoms with E-state index in [4.69, 9.17) is 4.74 Å². The molecule has 3 aromatic rings. The summed E-state index contributed by atoms with van der Waals surface area (Å²) in [7, 11) is 1.66. The number of anilines is 1. The second-order valence-corrected chi connectivity index (χ2v) is 11.1. The lowest BCUT2D eigenvalue weighted by atomic mass is 9.87. The summed E-state index contributed by atoms with van der Waals surface area (Å²) >= 11 is 0. The van der Waals surface area contributed by atoms with Crippen LogP contribution in [0.15, 0.2) is 78.9 Å². The Morgan fingerprint density at radius 1 is 0.927 bits per heavy atom. The molecule has 5 nitrogen and oxygen atoms in total. The fourth-order valence-electron chi connectivity index (χ4n) is 6.35. The van der Waals surface area contributed by atoms with Gasteiger partial charge in [-0.05, 0) is 41.7 Å². The highest BCUT2D eigenvalue weighted by Gasteiger charge is 2.40. The first-order valence-corrected chi connectivity index (χ1v) is 14.4. The van der Waals surface area contributed by atoms with Crippen molar-refractivity contribution in [1.82, 2.24) is 9.80 Å². The molecule has 0 spiro atoms. The van der Waals surface area contributed by atoms with Gasteiger partial charge in [0.25, 0.3) is 0 Å². The molecule has 1 amide bonds. The maximum atomic E-state index is 13.8. The van der Waals surface area contributed by atoms with Crippen molar-refractivity contribution in [3.8, 4) is 5.75 Å². The number of hydrogen-bond acceptors (Lipinski definition) is 4. The number of piperazine rings is 1. The lowest BCUT2D eigenvalue weighted by Gasteiger charge is -2.38. The van der Waals surface area contributed by atoms with Gasteiger partial charge in [0.15, 0.2) is 0 Å². The van der Waals surface area contributed by atoms with Crippen LogP contribution in [0.5, 0.6) is 5.75 Å². The zero-order valence-corrected chi connectivity index (χ0v) is 23.7. The Labute approximate surface area is 240 Å². The summed E-state index contributed by atoms with van der Waals surface area (Å²) in [6, 6.07) is 23.5. The molecule has 41 heavy (non-hydrogen) atoms. The minimum absolute atomic E-state index is 0.0408. The number of ether oxygens (including phenoxy) is 1. The van der Waals surface area contributed by atoms with Gasteiger partial charge in [0.2, 0.25) is 5.91 Å². The molecule has 0 saturated carbocycles. The van der Waals surface area contributed by atoms with Crippen molar-refractivity contribution in [2.45, 2.75) is 31.4 Å². The van der Waals surface area contributed by atoms with E-state index >= 15 is 0 Å². The predicted octanol–water partition coefficient (Wildman–Crippen LogP) is 6.27. The van der Waals surface area contributed by atoms with Crippen LogP contribution in [0.4, 0.5) is 18.9 Å². The first-order chi connectivity index (χ1) is 19.8. The van der Waals surface area contributed by atoms with Gasteiger partial charge in [-0.25, -0.2) is 0 Å². The number of nitrogens with zero attached hydrogens (tertiary/aromatic N) is 3. The van der Waals surface area contributed by atoms with E-state index in [1.165, 1.54) is 12.1 Å². The van der Waals surface area contributed by atoms with E-state index in [0.29, 0.717) is 25.1 Å². The molecular formula is C33H38F3N3O2. The van der Waals surface area contributed by atoms with Crippen molar-refractivity contribution in [2.75, 3.05) is 57.8 Å². The zero-order valence-electron chi connectivity index (χ0n) is 23.7. The normalized spacial score (nSPS) is 20.7. The van der Waals surface area contributed by atoms with Crippen LogP contribution in [0.2, 0.25) is 0 Å². The Hall–Kier alpha value is -3.52. The average Bonchev–Trinajstić information content (AvgIpc) is 3.42. The second-order valence-electron chi connectivity index (χ2n) is 11.1. The van der Waals surface area contributed by atoms with Gasteiger partial charge >= 0.3 is 6.18 Å². The van der Waals surface area contributed by atoms with Crippen LogP contribution in [-0.2, 0) is 11.0 Å². The number of hydrogen-bond donors (Lipinski definition) is 0. The van der Waals surface area contributed by atoms with E-state index < -0.39 is 11.7 Å². The molecule has 0 N–H and O–H groups in total. The summed E-state index contributed by atoms with van der Waals surface area (Å²) in [4.78, 5) is 20.4. The highest BCUT2D eigenvalue weighted by atomic mass is 19.4. The monoisotopic (exact) mass is 565 g/mol. The maximum absolute atomic E-state index is 13.8. The Morgan fingerprint density at radius 2 is 1.66 bits per heavy atom. The Balaban J connectivity index is 1.33. The zero-order chi connectivity index (χ0) is 29.0. The van der Waals surface area contributed by atoms with Crippen LogP contribution < -0.4 is 9.64 Å². The van der Waals surface area contributed by atoms with Crippen LogP contribution in [0.3, 0.4) is 0 Å². The molecule has 2 aliphatic heterocycles. The van der Waals surface area contributed by atoms with Gasteiger partial charge in [0.05, 0.1) is 18.6 Å². The minimum atomic E-state index is -4.41. The van der Waals surface area contributed by atoms with Crippen LogP contribution in [-0.4, -0.2) is 68.6 Å². The molecule has 2 fully saturated rings. The number of likely N-dealkylation sites (tertiary alicyclic amines) is 1. The molecule has 0 unspecified atom stereocenters. The van der Waals surface area contributed by atoms with Crippen molar-refractivity contribution in [3.63, 3.8) is 0 Å². The van der Waals surface area contributed by atoms with Gasteiger partial charge in [0.1, 0.15) is 5.75 Å². The summed E-state index contributed by atoms with van der Waals surface area (Å²) in [5, 5.41) is 0. The summed E-state index contributed by atoms with van der Waals surface area (Å²) < 4.78 is 46.2. The summed E-state index contributed by atoms with van der Waals surface area (Å²) in [6.07, 6.45) is -3.73. The van der Waals surface area contributed by atoms with E-state index in [-0.39, 0.29) is 23.7 Å². The molecule has 3 aromatic carbocycles. The molecule has 0 aliphatic carbocycles. The van der Waals surface area contributed by atoms with E-state index in [1.807, 2.05) is 60.4 Å². The van der Waals surface area contributed by atoms with Crippen LogP contribution in [0.25, 0.3) is 0 Å². The molecule has 8 heteroatoms. The van der Waals surface area contributed by atoms with Gasteiger partial charge in [-0.15, -0.1) is 0 Å². The molecule has 2 heterocycles. The molecule has 2 saturated heterocycles. The van der Waals surface area contributed by atoms with Gasteiger partial charge in [-0.3, -0.25) is 9.69 Å². The van der Waals surface area contributed by atoms with Crippen LogP contribution >= 0.6 is 0 Å². The number of alkyl halides is 3. The third-order valence-corrected chi connectivity index (χ3v) is 8.59. The molecule has 0 aromatic heterocycles. The fourth-order valence-corrected chi connectivity index (χ4v) is 6.35. The van der Waals surface area contributed by atoms with E-state index in [2.05, 4.69) is 15.9 Å². The largest absolute Gasteiger partial charge is 0.497 e. The predicted molar refractivity (Wildman–Crippen MR) is 155 cm³/mol. The maximum Gasteiger partial charge on any atom is 0.416 e. The summed E-state index contributed by atoms with van der Waals surface area (Å²) in [6.45, 7) is 7.10. The SMILES string of the molecule is CC[C@H](C(=O)N1C[C@@H](CN2CCN(c3cccc(OC)c3)CC2)[C@@H](c2cccc(C(F)(F)F)c2)C1)c1ccccc1. The highest BCUT2D eigenvalue weighted by molar-refractivity contribution is 5.84. The van der Waals surface area contributed by atoms with Gasteiger partial charge in [-0.2, -0.15) is 13.2 Å². The molecule has 0 radical (unpaired) electrons. The molecule has 3 atom stereocenters. The van der Waals surface area contributed by atoms with Crippen LogP contribution in [0.1, 0.15) is 41.9 Å². The number of carbonyl (C=O) groups is 1. The van der Waals surface area contributed by atoms with Crippen molar-refractivity contribution in [3.05, 3.63) is 95.6 Å². The number of halogens is 3. The first-order valence-electron chi connectivity index (χ1n) is 14.4. The van der Waals surface area contributed by atoms with E-state index in [1.54, 1.807) is 13.2 Å². The van der Waals surface area contributed by atoms with Crippen molar-refractivity contribution >= 4 is 11.6 Å². The lowest BCUT2D eigenvalue weighted by molar-refractivity contribution is -0.137. The number of rotatable bonds is 8. The van der Waals surface area contributed by atoms with Gasteiger partial charge in [-0.1, -0.05) is 61.5 Å². The first kappa shape index (κ1) is 29.0.